The highest BCUT2D eigenvalue weighted by molar-refractivity contribution is 5.93. The number of para-hydroxylation sites is 1. The van der Waals surface area contributed by atoms with Gasteiger partial charge in [-0.2, -0.15) is 5.26 Å². The summed E-state index contributed by atoms with van der Waals surface area (Å²) in [6.07, 6.45) is 1.08. The highest BCUT2D eigenvalue weighted by atomic mass is 16.3. The van der Waals surface area contributed by atoms with E-state index in [1.54, 1.807) is 13.1 Å². The van der Waals surface area contributed by atoms with Crippen molar-refractivity contribution in [3.63, 3.8) is 0 Å². The number of rotatable bonds is 3. The number of benzene rings is 1. The molecular weight excluding hydrogens is 214 g/mol. The lowest BCUT2D eigenvalue weighted by Gasteiger charge is -2.12. The van der Waals surface area contributed by atoms with E-state index in [9.17, 15) is 5.11 Å². The molecule has 0 aliphatic rings. The highest BCUT2D eigenvalue weighted by Crippen LogP contribution is 2.25. The van der Waals surface area contributed by atoms with Gasteiger partial charge in [0.05, 0.1) is 22.9 Å². The lowest BCUT2D eigenvalue weighted by atomic mass is 10.1. The molecule has 0 bridgehead atoms. The smallest absolute Gasteiger partial charge is 0.103 e. The Morgan fingerprint density at radius 3 is 2.94 bits per heavy atom. The van der Waals surface area contributed by atoms with Crippen molar-refractivity contribution in [1.82, 2.24) is 4.98 Å². The quantitative estimate of drug-likeness (QED) is 0.840. The minimum Gasteiger partial charge on any atom is -0.392 e. The van der Waals surface area contributed by atoms with E-state index in [1.807, 2.05) is 24.3 Å². The fourth-order valence-corrected chi connectivity index (χ4v) is 1.67. The van der Waals surface area contributed by atoms with Crippen molar-refractivity contribution in [3.05, 3.63) is 36.0 Å². The van der Waals surface area contributed by atoms with E-state index < -0.39 is 6.10 Å². The summed E-state index contributed by atoms with van der Waals surface area (Å²) < 4.78 is 0. The topological polar surface area (TPSA) is 68.9 Å². The maximum Gasteiger partial charge on any atom is 0.103 e. The van der Waals surface area contributed by atoms with Gasteiger partial charge in [-0.3, -0.25) is 4.98 Å². The number of aliphatic hydroxyl groups is 1. The van der Waals surface area contributed by atoms with Gasteiger partial charge in [0.1, 0.15) is 6.07 Å². The van der Waals surface area contributed by atoms with E-state index in [0.717, 1.165) is 16.6 Å². The predicted octanol–water partition coefficient (Wildman–Crippen LogP) is 1.90. The van der Waals surface area contributed by atoms with Crippen LogP contribution in [0.15, 0.2) is 30.5 Å². The Hall–Kier alpha value is -2.12. The molecule has 1 unspecified atom stereocenters. The van der Waals surface area contributed by atoms with Crippen LogP contribution < -0.4 is 5.32 Å². The van der Waals surface area contributed by atoms with Gasteiger partial charge in [-0.1, -0.05) is 18.2 Å². The maximum absolute atomic E-state index is 9.29. The van der Waals surface area contributed by atoms with Gasteiger partial charge in [0.15, 0.2) is 0 Å². The van der Waals surface area contributed by atoms with Crippen molar-refractivity contribution >= 4 is 16.6 Å². The third kappa shape index (κ3) is 2.35. The number of hydrogen-bond donors (Lipinski definition) is 2. The average molecular weight is 227 g/mol. The first-order valence-corrected chi connectivity index (χ1v) is 5.42. The molecule has 0 radical (unpaired) electrons. The lowest BCUT2D eigenvalue weighted by molar-refractivity contribution is 0.208. The van der Waals surface area contributed by atoms with Crippen molar-refractivity contribution in [1.29, 1.82) is 5.26 Å². The van der Waals surface area contributed by atoms with E-state index >= 15 is 0 Å². The van der Waals surface area contributed by atoms with Gasteiger partial charge in [-0.15, -0.1) is 0 Å². The molecule has 2 rings (SSSR count). The standard InChI is InChI=1S/C13H13N3O/c1-9(17)7-16-13-10(6-14)8-15-12-5-3-2-4-11(12)13/h2-5,8-9,17H,7H2,1H3,(H,15,16). The van der Waals surface area contributed by atoms with Gasteiger partial charge in [-0.05, 0) is 13.0 Å². The summed E-state index contributed by atoms with van der Waals surface area (Å²) in [7, 11) is 0. The molecule has 0 saturated carbocycles. The highest BCUT2D eigenvalue weighted by Gasteiger charge is 2.08. The van der Waals surface area contributed by atoms with E-state index in [-0.39, 0.29) is 0 Å². The second kappa shape index (κ2) is 4.81. The van der Waals surface area contributed by atoms with Crippen LogP contribution in [-0.2, 0) is 0 Å². The van der Waals surface area contributed by atoms with Crippen molar-refractivity contribution in [2.75, 3.05) is 11.9 Å². The molecule has 4 heteroatoms. The Kier molecular flexibility index (Phi) is 3.22. The fraction of sp³-hybridized carbons (Fsp3) is 0.231. The second-order valence-electron chi connectivity index (χ2n) is 3.91. The van der Waals surface area contributed by atoms with E-state index in [2.05, 4.69) is 16.4 Å². The maximum atomic E-state index is 9.29. The van der Waals surface area contributed by atoms with Crippen molar-refractivity contribution < 1.29 is 5.11 Å². The fourth-order valence-electron chi connectivity index (χ4n) is 1.67. The van der Waals surface area contributed by atoms with Crippen molar-refractivity contribution in [3.8, 4) is 6.07 Å². The van der Waals surface area contributed by atoms with Crippen molar-refractivity contribution in [2.45, 2.75) is 13.0 Å². The molecule has 1 heterocycles. The molecule has 17 heavy (non-hydrogen) atoms. The number of nitriles is 1. The number of hydrogen-bond acceptors (Lipinski definition) is 4. The normalized spacial score (nSPS) is 12.1. The van der Waals surface area contributed by atoms with Crippen LogP contribution in [0.1, 0.15) is 12.5 Å². The summed E-state index contributed by atoms with van der Waals surface area (Å²) in [5, 5.41) is 22.3. The molecule has 2 N–H and O–H groups in total. The Morgan fingerprint density at radius 2 is 2.24 bits per heavy atom. The van der Waals surface area contributed by atoms with Crippen LogP contribution in [0, 0.1) is 11.3 Å². The predicted molar refractivity (Wildman–Crippen MR) is 66.6 cm³/mol. The first kappa shape index (κ1) is 11.4. The number of nitrogens with zero attached hydrogens (tertiary/aromatic N) is 2. The largest absolute Gasteiger partial charge is 0.392 e. The Bertz CT molecular complexity index is 572. The SMILES string of the molecule is CC(O)CNc1c(C#N)cnc2ccccc12. The van der Waals surface area contributed by atoms with Gasteiger partial charge in [0.2, 0.25) is 0 Å². The van der Waals surface area contributed by atoms with E-state index in [0.29, 0.717) is 12.1 Å². The summed E-state index contributed by atoms with van der Waals surface area (Å²) in [5.41, 5.74) is 2.06. The molecule has 1 atom stereocenters. The molecule has 0 amide bonds. The first-order valence-electron chi connectivity index (χ1n) is 5.42. The van der Waals surface area contributed by atoms with Crippen LogP contribution in [0.5, 0.6) is 0 Å². The summed E-state index contributed by atoms with van der Waals surface area (Å²) >= 11 is 0. The molecule has 0 aliphatic heterocycles. The zero-order valence-corrected chi connectivity index (χ0v) is 9.51. The summed E-state index contributed by atoms with van der Waals surface area (Å²) in [5.74, 6) is 0. The average Bonchev–Trinajstić information content (AvgIpc) is 2.35. The molecule has 0 aliphatic carbocycles. The van der Waals surface area contributed by atoms with Crippen LogP contribution in [0.3, 0.4) is 0 Å². The molecule has 1 aromatic heterocycles. The van der Waals surface area contributed by atoms with Crippen LogP contribution in [0.4, 0.5) is 5.69 Å². The first-order chi connectivity index (χ1) is 8.22. The van der Waals surface area contributed by atoms with Gasteiger partial charge < -0.3 is 10.4 Å². The van der Waals surface area contributed by atoms with Gasteiger partial charge in [0.25, 0.3) is 0 Å². The molecule has 86 valence electrons. The zero-order valence-electron chi connectivity index (χ0n) is 9.51. The molecule has 1 aromatic carbocycles. The molecule has 4 nitrogen and oxygen atoms in total. The third-order valence-electron chi connectivity index (χ3n) is 2.47. The van der Waals surface area contributed by atoms with Crippen LogP contribution in [-0.4, -0.2) is 22.7 Å². The number of anilines is 1. The number of aliphatic hydroxyl groups excluding tert-OH is 1. The monoisotopic (exact) mass is 227 g/mol. The molecular formula is C13H13N3O. The summed E-state index contributed by atoms with van der Waals surface area (Å²) in [6, 6.07) is 9.71. The number of pyridine rings is 1. The van der Waals surface area contributed by atoms with E-state index in [1.165, 1.54) is 0 Å². The summed E-state index contributed by atoms with van der Waals surface area (Å²) in [6.45, 7) is 2.10. The van der Waals surface area contributed by atoms with E-state index in [4.69, 9.17) is 5.26 Å². The third-order valence-corrected chi connectivity index (χ3v) is 2.47. The van der Waals surface area contributed by atoms with Crippen LogP contribution >= 0.6 is 0 Å². The summed E-state index contributed by atoms with van der Waals surface area (Å²) in [4.78, 5) is 4.21. The Morgan fingerprint density at radius 1 is 1.47 bits per heavy atom. The number of aromatic nitrogens is 1. The van der Waals surface area contributed by atoms with Gasteiger partial charge in [0, 0.05) is 18.1 Å². The Labute approximate surface area is 99.5 Å². The molecule has 0 saturated heterocycles. The van der Waals surface area contributed by atoms with Crippen molar-refractivity contribution in [2.24, 2.45) is 0 Å². The zero-order chi connectivity index (χ0) is 12.3. The Balaban J connectivity index is 2.52. The lowest BCUT2D eigenvalue weighted by Crippen LogP contribution is -2.16. The molecule has 0 fully saturated rings. The minimum atomic E-state index is -0.464. The number of fused-ring (bicyclic) bond motifs is 1. The van der Waals surface area contributed by atoms with Crippen LogP contribution in [0.25, 0.3) is 10.9 Å². The number of nitrogens with one attached hydrogen (secondary N) is 1. The second-order valence-corrected chi connectivity index (χ2v) is 3.91. The minimum absolute atomic E-state index is 0.405. The van der Waals surface area contributed by atoms with Gasteiger partial charge in [-0.25, -0.2) is 0 Å². The molecule has 0 spiro atoms. The molecule has 2 aromatic rings. The van der Waals surface area contributed by atoms with Crippen LogP contribution in [0.2, 0.25) is 0 Å². The van der Waals surface area contributed by atoms with Gasteiger partial charge >= 0.3 is 0 Å².